The Kier molecular flexibility index (Phi) is 7.00. The summed E-state index contributed by atoms with van der Waals surface area (Å²) in [5, 5.41) is 11.9. The summed E-state index contributed by atoms with van der Waals surface area (Å²) in [5.74, 6) is 0.336. The van der Waals surface area contributed by atoms with Gasteiger partial charge in [-0.3, -0.25) is 0 Å². The standard InChI is InChI=1S/C22H32O2Si/c1-19(18-23)12-11-17-24-25(22(2,3)4,20-13-7-5-8-14-20)21-15-9-6-10-16-21/h5-10,13-16,19,23H,11-12,17-18H2,1-4H3/t19-/m0/s1. The summed E-state index contributed by atoms with van der Waals surface area (Å²) in [7, 11) is -2.39. The van der Waals surface area contributed by atoms with Crippen LogP contribution in [0.5, 0.6) is 0 Å². The first-order valence-corrected chi connectivity index (χ1v) is 11.2. The van der Waals surface area contributed by atoms with E-state index >= 15 is 0 Å². The van der Waals surface area contributed by atoms with E-state index < -0.39 is 8.32 Å². The van der Waals surface area contributed by atoms with E-state index in [1.807, 2.05) is 0 Å². The number of aliphatic hydroxyl groups excluding tert-OH is 1. The Morgan fingerprint density at radius 2 is 1.40 bits per heavy atom. The molecule has 1 N–H and O–H groups in total. The number of hydrogen-bond donors (Lipinski definition) is 1. The monoisotopic (exact) mass is 356 g/mol. The molecule has 2 nitrogen and oxygen atoms in total. The van der Waals surface area contributed by atoms with Gasteiger partial charge in [0.2, 0.25) is 0 Å². The topological polar surface area (TPSA) is 29.5 Å². The highest BCUT2D eigenvalue weighted by molar-refractivity contribution is 6.99. The van der Waals surface area contributed by atoms with Gasteiger partial charge in [-0.15, -0.1) is 0 Å². The quantitative estimate of drug-likeness (QED) is 0.573. The van der Waals surface area contributed by atoms with E-state index in [0.717, 1.165) is 19.4 Å². The molecular formula is C22H32O2Si. The van der Waals surface area contributed by atoms with Crippen LogP contribution < -0.4 is 10.4 Å². The van der Waals surface area contributed by atoms with E-state index in [-0.39, 0.29) is 11.6 Å². The number of rotatable bonds is 8. The molecule has 0 saturated heterocycles. The zero-order chi connectivity index (χ0) is 18.3. The summed E-state index contributed by atoms with van der Waals surface area (Å²) in [6.07, 6.45) is 1.97. The molecule has 0 aliphatic rings. The van der Waals surface area contributed by atoms with Crippen LogP contribution in [-0.2, 0) is 4.43 Å². The fourth-order valence-corrected chi connectivity index (χ4v) is 8.12. The highest BCUT2D eigenvalue weighted by Crippen LogP contribution is 2.36. The van der Waals surface area contributed by atoms with Gasteiger partial charge in [-0.1, -0.05) is 88.4 Å². The minimum atomic E-state index is -2.39. The normalized spacial score (nSPS) is 13.6. The summed E-state index contributed by atoms with van der Waals surface area (Å²) in [5.41, 5.74) is 0. The third-order valence-corrected chi connectivity index (χ3v) is 9.93. The van der Waals surface area contributed by atoms with Crippen LogP contribution in [0.25, 0.3) is 0 Å². The number of aliphatic hydroxyl groups is 1. The molecule has 2 aromatic rings. The number of hydrogen-bond acceptors (Lipinski definition) is 2. The summed E-state index contributed by atoms with van der Waals surface area (Å²) < 4.78 is 6.82. The third kappa shape index (κ3) is 4.60. The lowest BCUT2D eigenvalue weighted by molar-refractivity contribution is 0.214. The molecule has 0 aromatic heterocycles. The van der Waals surface area contributed by atoms with Gasteiger partial charge in [0.1, 0.15) is 0 Å². The molecule has 25 heavy (non-hydrogen) atoms. The minimum absolute atomic E-state index is 0.0261. The zero-order valence-corrected chi connectivity index (χ0v) is 17.0. The van der Waals surface area contributed by atoms with Crippen molar-refractivity contribution in [3.63, 3.8) is 0 Å². The van der Waals surface area contributed by atoms with E-state index in [2.05, 4.69) is 88.4 Å². The van der Waals surface area contributed by atoms with Crippen molar-refractivity contribution in [1.29, 1.82) is 0 Å². The van der Waals surface area contributed by atoms with E-state index in [9.17, 15) is 5.11 Å². The van der Waals surface area contributed by atoms with E-state index in [4.69, 9.17) is 4.43 Å². The third-order valence-electron chi connectivity index (χ3n) is 4.89. The van der Waals surface area contributed by atoms with Crippen LogP contribution in [0, 0.1) is 5.92 Å². The van der Waals surface area contributed by atoms with Gasteiger partial charge in [0, 0.05) is 13.2 Å². The molecule has 0 aliphatic heterocycles. The van der Waals surface area contributed by atoms with Crippen LogP contribution in [-0.4, -0.2) is 26.6 Å². The lowest BCUT2D eigenvalue weighted by atomic mass is 10.1. The molecule has 0 fully saturated rings. The smallest absolute Gasteiger partial charge is 0.261 e. The summed E-state index contributed by atoms with van der Waals surface area (Å²) >= 11 is 0. The summed E-state index contributed by atoms with van der Waals surface area (Å²) in [6, 6.07) is 21.5. The first-order valence-electron chi connectivity index (χ1n) is 9.27. The van der Waals surface area contributed by atoms with Crippen molar-refractivity contribution in [3.05, 3.63) is 60.7 Å². The van der Waals surface area contributed by atoms with E-state index in [0.29, 0.717) is 5.92 Å². The average molecular weight is 357 g/mol. The van der Waals surface area contributed by atoms with Crippen LogP contribution in [0.4, 0.5) is 0 Å². The second kappa shape index (κ2) is 8.79. The van der Waals surface area contributed by atoms with Gasteiger partial charge in [0.15, 0.2) is 0 Å². The van der Waals surface area contributed by atoms with Gasteiger partial charge in [-0.2, -0.15) is 0 Å². The van der Waals surface area contributed by atoms with Gasteiger partial charge in [-0.05, 0) is 34.2 Å². The van der Waals surface area contributed by atoms with E-state index in [1.54, 1.807) is 0 Å². The molecule has 0 aliphatic carbocycles. The van der Waals surface area contributed by atoms with Crippen molar-refractivity contribution in [2.24, 2.45) is 5.92 Å². The predicted molar refractivity (Wildman–Crippen MR) is 109 cm³/mol. The molecule has 0 heterocycles. The van der Waals surface area contributed by atoms with Gasteiger partial charge < -0.3 is 9.53 Å². The molecule has 2 aromatic carbocycles. The first kappa shape index (κ1) is 19.9. The maximum absolute atomic E-state index is 9.25. The molecule has 0 amide bonds. The van der Waals surface area contributed by atoms with Crippen LogP contribution in [0.1, 0.15) is 40.5 Å². The van der Waals surface area contributed by atoms with Crippen molar-refractivity contribution in [3.8, 4) is 0 Å². The second-order valence-corrected chi connectivity index (χ2v) is 12.2. The Morgan fingerprint density at radius 3 is 1.80 bits per heavy atom. The molecule has 2 rings (SSSR count). The molecule has 0 unspecified atom stereocenters. The fraction of sp³-hybridized carbons (Fsp3) is 0.455. The predicted octanol–water partition coefficient (Wildman–Crippen LogP) is 3.97. The van der Waals surface area contributed by atoms with Crippen LogP contribution in [0.15, 0.2) is 60.7 Å². The Balaban J connectivity index is 2.39. The van der Waals surface area contributed by atoms with Crippen molar-refractivity contribution in [2.45, 2.75) is 45.6 Å². The molecular weight excluding hydrogens is 324 g/mol. The fourth-order valence-electron chi connectivity index (χ4n) is 3.51. The Hall–Kier alpha value is -1.42. The average Bonchev–Trinajstić information content (AvgIpc) is 2.62. The largest absolute Gasteiger partial charge is 0.407 e. The van der Waals surface area contributed by atoms with Crippen molar-refractivity contribution >= 4 is 18.7 Å². The highest BCUT2D eigenvalue weighted by Gasteiger charge is 2.49. The maximum Gasteiger partial charge on any atom is 0.261 e. The van der Waals surface area contributed by atoms with E-state index in [1.165, 1.54) is 10.4 Å². The van der Waals surface area contributed by atoms with Crippen molar-refractivity contribution in [2.75, 3.05) is 13.2 Å². The Morgan fingerprint density at radius 1 is 0.920 bits per heavy atom. The van der Waals surface area contributed by atoms with Crippen molar-refractivity contribution in [1.82, 2.24) is 0 Å². The lowest BCUT2D eigenvalue weighted by Gasteiger charge is -2.43. The van der Waals surface area contributed by atoms with Crippen molar-refractivity contribution < 1.29 is 9.53 Å². The zero-order valence-electron chi connectivity index (χ0n) is 16.0. The molecule has 0 spiro atoms. The molecule has 0 radical (unpaired) electrons. The molecule has 0 saturated carbocycles. The van der Waals surface area contributed by atoms with Gasteiger partial charge in [0.05, 0.1) is 0 Å². The summed E-state index contributed by atoms with van der Waals surface area (Å²) in [6.45, 7) is 9.97. The molecule has 3 heteroatoms. The number of benzene rings is 2. The Labute approximate surface area is 154 Å². The molecule has 1 atom stereocenters. The summed E-state index contributed by atoms with van der Waals surface area (Å²) in [4.78, 5) is 0. The minimum Gasteiger partial charge on any atom is -0.407 e. The SMILES string of the molecule is C[C@H](CO)CCCO[Si](c1ccccc1)(c1ccccc1)C(C)(C)C. The molecule has 136 valence electrons. The lowest BCUT2D eigenvalue weighted by Crippen LogP contribution is -2.66. The molecule has 0 bridgehead atoms. The van der Waals surface area contributed by atoms with Crippen LogP contribution >= 0.6 is 0 Å². The first-order chi connectivity index (χ1) is 11.9. The van der Waals surface area contributed by atoms with Gasteiger partial charge in [0.25, 0.3) is 8.32 Å². The van der Waals surface area contributed by atoms with Gasteiger partial charge in [-0.25, -0.2) is 0 Å². The van der Waals surface area contributed by atoms with Crippen LogP contribution in [0.3, 0.4) is 0 Å². The second-order valence-electron chi connectivity index (χ2n) is 7.94. The maximum atomic E-state index is 9.25. The van der Waals surface area contributed by atoms with Gasteiger partial charge >= 0.3 is 0 Å². The Bertz CT molecular complexity index is 580. The highest BCUT2D eigenvalue weighted by atomic mass is 28.4. The van der Waals surface area contributed by atoms with Crippen LogP contribution in [0.2, 0.25) is 5.04 Å².